The molecule has 0 bridgehead atoms. The van der Waals surface area contributed by atoms with Crippen molar-refractivity contribution in [2.45, 2.75) is 39.3 Å². The molecule has 0 aromatic heterocycles. The quantitative estimate of drug-likeness (QED) is 0.462. The van der Waals surface area contributed by atoms with Crippen LogP contribution in [0.4, 0.5) is 10.5 Å². The first-order valence-corrected chi connectivity index (χ1v) is 11.8. The van der Waals surface area contributed by atoms with Crippen LogP contribution in [0.5, 0.6) is 11.5 Å². The number of nitrogens with zero attached hydrogens (tertiary/aromatic N) is 2. The van der Waals surface area contributed by atoms with E-state index in [0.717, 1.165) is 11.3 Å². The Kier molecular flexibility index (Phi) is 8.36. The molecule has 0 spiro atoms. The summed E-state index contributed by atoms with van der Waals surface area (Å²) in [4.78, 5) is 29.0. The number of hydrogen-bond donors (Lipinski definition) is 0. The monoisotopic (exact) mass is 494 g/mol. The molecular formula is C28H34N2O6. The maximum atomic E-state index is 12.6. The Balaban J connectivity index is 1.83. The molecule has 0 saturated carbocycles. The van der Waals surface area contributed by atoms with Crippen LogP contribution in [0, 0.1) is 11.8 Å². The summed E-state index contributed by atoms with van der Waals surface area (Å²) in [6.07, 6.45) is -0.314. The van der Waals surface area contributed by atoms with Crippen molar-refractivity contribution in [2.75, 3.05) is 45.9 Å². The number of benzene rings is 2. The van der Waals surface area contributed by atoms with Crippen LogP contribution in [-0.2, 0) is 9.47 Å². The van der Waals surface area contributed by atoms with Crippen molar-refractivity contribution in [3.63, 3.8) is 0 Å². The van der Waals surface area contributed by atoms with Crippen LogP contribution in [0.25, 0.3) is 0 Å². The number of piperazine rings is 1. The highest BCUT2D eigenvalue weighted by Gasteiger charge is 2.31. The SMILES string of the molecule is COC(=O)c1cc(N2CCN(C(=O)OC(C)(C)C)[C@@H](C)C2)ccc1C#Cc1ccc(OC)c(OC)c1. The van der Waals surface area contributed by atoms with Crippen LogP contribution in [-0.4, -0.2) is 69.6 Å². The third kappa shape index (κ3) is 6.42. The molecule has 8 heteroatoms. The number of amides is 1. The van der Waals surface area contributed by atoms with Crippen molar-refractivity contribution in [2.24, 2.45) is 0 Å². The van der Waals surface area contributed by atoms with Gasteiger partial charge in [0.25, 0.3) is 0 Å². The van der Waals surface area contributed by atoms with Crippen molar-refractivity contribution in [3.8, 4) is 23.3 Å². The lowest BCUT2D eigenvalue weighted by Gasteiger charge is -2.41. The number of rotatable bonds is 4. The molecule has 1 saturated heterocycles. The number of carbonyl (C=O) groups excluding carboxylic acids is 2. The average Bonchev–Trinajstić information content (AvgIpc) is 2.85. The van der Waals surface area contributed by atoms with E-state index >= 15 is 0 Å². The van der Waals surface area contributed by atoms with Gasteiger partial charge >= 0.3 is 12.1 Å². The second-order valence-corrected chi connectivity index (χ2v) is 9.51. The summed E-state index contributed by atoms with van der Waals surface area (Å²) in [5.41, 5.74) is 1.98. The second-order valence-electron chi connectivity index (χ2n) is 9.51. The largest absolute Gasteiger partial charge is 0.493 e. The Morgan fingerprint density at radius 3 is 2.28 bits per heavy atom. The zero-order valence-electron chi connectivity index (χ0n) is 22.0. The van der Waals surface area contributed by atoms with Crippen LogP contribution in [0.15, 0.2) is 36.4 Å². The standard InChI is InChI=1S/C28H34N2O6/c1-19-18-29(14-15-30(19)27(32)36-28(2,3)4)22-12-11-21(23(17-22)26(31)35-7)10-8-20-9-13-24(33-5)25(16-20)34-6/h9,11-13,16-17,19H,14-15,18H2,1-7H3/t19-/m0/s1. The van der Waals surface area contributed by atoms with E-state index in [1.54, 1.807) is 37.3 Å². The van der Waals surface area contributed by atoms with E-state index in [0.29, 0.717) is 42.3 Å². The van der Waals surface area contributed by atoms with Crippen LogP contribution in [0.3, 0.4) is 0 Å². The minimum atomic E-state index is -0.544. The molecule has 1 fully saturated rings. The summed E-state index contributed by atoms with van der Waals surface area (Å²) in [5.74, 6) is 6.89. The highest BCUT2D eigenvalue weighted by Crippen LogP contribution is 2.28. The van der Waals surface area contributed by atoms with Gasteiger partial charge in [0, 0.05) is 42.5 Å². The summed E-state index contributed by atoms with van der Waals surface area (Å²) in [5, 5.41) is 0. The first-order valence-electron chi connectivity index (χ1n) is 11.8. The number of anilines is 1. The number of ether oxygens (including phenoxy) is 4. The van der Waals surface area contributed by atoms with Crippen molar-refractivity contribution in [1.29, 1.82) is 0 Å². The molecule has 0 radical (unpaired) electrons. The highest BCUT2D eigenvalue weighted by molar-refractivity contribution is 5.93. The van der Waals surface area contributed by atoms with E-state index in [-0.39, 0.29) is 12.1 Å². The fourth-order valence-corrected chi connectivity index (χ4v) is 3.95. The zero-order chi connectivity index (χ0) is 26.5. The van der Waals surface area contributed by atoms with Crippen LogP contribution in [0.1, 0.15) is 49.2 Å². The van der Waals surface area contributed by atoms with Gasteiger partial charge < -0.3 is 28.7 Å². The Morgan fingerprint density at radius 1 is 0.944 bits per heavy atom. The second kappa shape index (κ2) is 11.3. The fraction of sp³-hybridized carbons (Fsp3) is 0.429. The van der Waals surface area contributed by atoms with Crippen molar-refractivity contribution in [1.82, 2.24) is 4.90 Å². The summed E-state index contributed by atoms with van der Waals surface area (Å²) in [6, 6.07) is 10.9. The molecule has 192 valence electrons. The Labute approximate surface area is 213 Å². The van der Waals surface area contributed by atoms with E-state index in [1.807, 2.05) is 45.9 Å². The summed E-state index contributed by atoms with van der Waals surface area (Å²) in [7, 11) is 4.49. The molecule has 8 nitrogen and oxygen atoms in total. The van der Waals surface area contributed by atoms with Gasteiger partial charge in [-0.05, 0) is 64.1 Å². The van der Waals surface area contributed by atoms with Crippen LogP contribution >= 0.6 is 0 Å². The van der Waals surface area contributed by atoms with E-state index in [1.165, 1.54) is 7.11 Å². The van der Waals surface area contributed by atoms with E-state index in [2.05, 4.69) is 16.7 Å². The van der Waals surface area contributed by atoms with Crippen LogP contribution in [0.2, 0.25) is 0 Å². The Bertz CT molecular complexity index is 1170. The molecule has 0 aliphatic carbocycles. The summed E-state index contributed by atoms with van der Waals surface area (Å²) < 4.78 is 21.2. The van der Waals surface area contributed by atoms with Gasteiger partial charge in [0.15, 0.2) is 11.5 Å². The minimum absolute atomic E-state index is 0.0558. The van der Waals surface area contributed by atoms with E-state index < -0.39 is 11.6 Å². The lowest BCUT2D eigenvalue weighted by Crippen LogP contribution is -2.55. The molecule has 1 aliphatic rings. The Hall–Kier alpha value is -3.86. The number of carbonyl (C=O) groups is 2. The third-order valence-electron chi connectivity index (χ3n) is 5.75. The normalized spacial score (nSPS) is 15.5. The number of esters is 1. The van der Waals surface area contributed by atoms with Crippen molar-refractivity contribution >= 4 is 17.7 Å². The summed E-state index contributed by atoms with van der Waals surface area (Å²) >= 11 is 0. The van der Waals surface area contributed by atoms with Gasteiger partial charge in [-0.15, -0.1) is 0 Å². The fourth-order valence-electron chi connectivity index (χ4n) is 3.95. The molecule has 1 aliphatic heterocycles. The lowest BCUT2D eigenvalue weighted by atomic mass is 10.0. The molecule has 36 heavy (non-hydrogen) atoms. The van der Waals surface area contributed by atoms with Gasteiger partial charge in [0.1, 0.15) is 5.60 Å². The lowest BCUT2D eigenvalue weighted by molar-refractivity contribution is 0.0159. The predicted octanol–water partition coefficient (Wildman–Crippen LogP) is 4.34. The molecular weight excluding hydrogens is 460 g/mol. The zero-order valence-corrected chi connectivity index (χ0v) is 22.0. The van der Waals surface area contributed by atoms with Gasteiger partial charge in [-0.1, -0.05) is 11.8 Å². The number of hydrogen-bond acceptors (Lipinski definition) is 7. The predicted molar refractivity (Wildman–Crippen MR) is 138 cm³/mol. The topological polar surface area (TPSA) is 77.5 Å². The molecule has 1 heterocycles. The molecule has 2 aromatic rings. The molecule has 0 unspecified atom stereocenters. The van der Waals surface area contributed by atoms with E-state index in [4.69, 9.17) is 18.9 Å². The first kappa shape index (κ1) is 26.7. The molecule has 1 amide bonds. The van der Waals surface area contributed by atoms with Gasteiger partial charge in [-0.25, -0.2) is 9.59 Å². The molecule has 0 N–H and O–H groups in total. The van der Waals surface area contributed by atoms with Gasteiger partial charge in [-0.3, -0.25) is 0 Å². The first-order chi connectivity index (χ1) is 17.1. The average molecular weight is 495 g/mol. The minimum Gasteiger partial charge on any atom is -0.493 e. The maximum Gasteiger partial charge on any atom is 0.410 e. The third-order valence-corrected chi connectivity index (χ3v) is 5.75. The van der Waals surface area contributed by atoms with Gasteiger partial charge in [-0.2, -0.15) is 0 Å². The molecule has 2 aromatic carbocycles. The molecule has 3 rings (SSSR count). The van der Waals surface area contributed by atoms with Crippen molar-refractivity contribution in [3.05, 3.63) is 53.1 Å². The number of methoxy groups -OCH3 is 3. The van der Waals surface area contributed by atoms with E-state index in [9.17, 15) is 9.59 Å². The van der Waals surface area contributed by atoms with Gasteiger partial charge in [0.05, 0.1) is 26.9 Å². The van der Waals surface area contributed by atoms with Crippen LogP contribution < -0.4 is 14.4 Å². The van der Waals surface area contributed by atoms with Crippen molar-refractivity contribution < 1.29 is 28.5 Å². The Morgan fingerprint density at radius 2 is 1.67 bits per heavy atom. The smallest absolute Gasteiger partial charge is 0.410 e. The summed E-state index contributed by atoms with van der Waals surface area (Å²) in [6.45, 7) is 9.30. The molecule has 1 atom stereocenters. The highest BCUT2D eigenvalue weighted by atomic mass is 16.6. The van der Waals surface area contributed by atoms with Gasteiger partial charge in [0.2, 0.25) is 0 Å². The maximum absolute atomic E-state index is 12.6.